The van der Waals surface area contributed by atoms with E-state index in [0.717, 1.165) is 19.8 Å². The van der Waals surface area contributed by atoms with E-state index in [0.29, 0.717) is 11.0 Å². The molecule has 0 aliphatic carbocycles. The third-order valence-electron chi connectivity index (χ3n) is 3.42. The Morgan fingerprint density at radius 3 is 2.23 bits per heavy atom. The summed E-state index contributed by atoms with van der Waals surface area (Å²) in [6.07, 6.45) is 1.19. The number of nitrogens with zero attached hydrogens (tertiary/aromatic N) is 1. The van der Waals surface area contributed by atoms with E-state index in [9.17, 15) is 0 Å². The molecule has 0 saturated carbocycles. The molecule has 1 heterocycles. The molecule has 1 fully saturated rings. The third kappa shape index (κ3) is 2.44. The van der Waals surface area contributed by atoms with Gasteiger partial charge in [-0.3, -0.25) is 0 Å². The van der Waals surface area contributed by atoms with Gasteiger partial charge in [0.15, 0.2) is 0 Å². The van der Waals surface area contributed by atoms with Gasteiger partial charge in [0, 0.05) is 17.5 Å². The first-order valence-electron chi connectivity index (χ1n) is 5.19. The number of rotatable bonds is 4. The van der Waals surface area contributed by atoms with E-state index in [2.05, 4.69) is 39.6 Å². The Kier molecular flexibility index (Phi) is 3.03. The Hall–Kier alpha value is -0.0800. The molecule has 13 heavy (non-hydrogen) atoms. The maximum atomic E-state index is 5.26. The van der Waals surface area contributed by atoms with Crippen LogP contribution in [0.3, 0.4) is 0 Å². The molecule has 2 heteroatoms. The van der Waals surface area contributed by atoms with E-state index in [1.165, 1.54) is 6.42 Å². The second kappa shape index (κ2) is 3.58. The summed E-state index contributed by atoms with van der Waals surface area (Å²) in [5.41, 5.74) is 0.722. The van der Waals surface area contributed by atoms with Crippen molar-refractivity contribution in [3.8, 4) is 0 Å². The molecule has 0 aromatic rings. The van der Waals surface area contributed by atoms with Crippen molar-refractivity contribution < 1.29 is 4.74 Å². The van der Waals surface area contributed by atoms with E-state index in [1.807, 2.05) is 0 Å². The van der Waals surface area contributed by atoms with E-state index in [-0.39, 0.29) is 0 Å². The fourth-order valence-corrected chi connectivity index (χ4v) is 1.60. The lowest BCUT2D eigenvalue weighted by atomic mass is 9.86. The van der Waals surface area contributed by atoms with Crippen molar-refractivity contribution in [3.63, 3.8) is 0 Å². The van der Waals surface area contributed by atoms with Crippen molar-refractivity contribution in [2.24, 2.45) is 5.41 Å². The Balaban J connectivity index is 2.44. The molecule has 1 saturated heterocycles. The van der Waals surface area contributed by atoms with Crippen LogP contribution in [0.15, 0.2) is 0 Å². The average molecular weight is 185 g/mol. The standard InChI is InChI=1S/C11H23NO/c1-6-10(2,3)12(5)7-11(4)8-13-9-11/h6-9H2,1-5H3. The average Bonchev–Trinajstić information content (AvgIpc) is 2.01. The van der Waals surface area contributed by atoms with Gasteiger partial charge in [-0.1, -0.05) is 13.8 Å². The van der Waals surface area contributed by atoms with E-state index >= 15 is 0 Å². The van der Waals surface area contributed by atoms with E-state index < -0.39 is 0 Å². The maximum absolute atomic E-state index is 5.26. The summed E-state index contributed by atoms with van der Waals surface area (Å²) in [7, 11) is 2.22. The van der Waals surface area contributed by atoms with Gasteiger partial charge < -0.3 is 9.64 Å². The highest BCUT2D eigenvalue weighted by Gasteiger charge is 2.37. The van der Waals surface area contributed by atoms with Crippen LogP contribution in [0.25, 0.3) is 0 Å². The first-order valence-corrected chi connectivity index (χ1v) is 5.19. The van der Waals surface area contributed by atoms with Crippen LogP contribution >= 0.6 is 0 Å². The molecule has 0 unspecified atom stereocenters. The van der Waals surface area contributed by atoms with Crippen molar-refractivity contribution in [2.45, 2.75) is 39.7 Å². The zero-order chi connectivity index (χ0) is 10.1. The lowest BCUT2D eigenvalue weighted by molar-refractivity contribution is -0.121. The fraction of sp³-hybridized carbons (Fsp3) is 1.00. The molecule has 0 radical (unpaired) electrons. The second-order valence-electron chi connectivity index (χ2n) is 5.33. The minimum Gasteiger partial charge on any atom is -0.380 e. The molecular weight excluding hydrogens is 162 g/mol. The van der Waals surface area contributed by atoms with Gasteiger partial charge in [-0.05, 0) is 27.3 Å². The molecule has 0 spiro atoms. The summed E-state index contributed by atoms with van der Waals surface area (Å²) in [6, 6.07) is 0. The van der Waals surface area contributed by atoms with Crippen molar-refractivity contribution in [2.75, 3.05) is 26.8 Å². The van der Waals surface area contributed by atoms with Crippen LogP contribution < -0.4 is 0 Å². The van der Waals surface area contributed by atoms with E-state index in [4.69, 9.17) is 4.74 Å². The molecule has 0 aromatic carbocycles. The normalized spacial score (nSPS) is 21.7. The van der Waals surface area contributed by atoms with Crippen molar-refractivity contribution >= 4 is 0 Å². The van der Waals surface area contributed by atoms with E-state index in [1.54, 1.807) is 0 Å². The highest BCUT2D eigenvalue weighted by atomic mass is 16.5. The van der Waals surface area contributed by atoms with Gasteiger partial charge in [0.05, 0.1) is 13.2 Å². The van der Waals surface area contributed by atoms with Crippen LogP contribution in [0.4, 0.5) is 0 Å². The quantitative estimate of drug-likeness (QED) is 0.665. The second-order valence-corrected chi connectivity index (χ2v) is 5.33. The van der Waals surface area contributed by atoms with Crippen LogP contribution in [0.2, 0.25) is 0 Å². The molecule has 0 N–H and O–H groups in total. The molecule has 1 aliphatic rings. The zero-order valence-electron chi connectivity index (χ0n) is 9.68. The fourth-order valence-electron chi connectivity index (χ4n) is 1.60. The molecule has 0 atom stereocenters. The predicted octanol–water partition coefficient (Wildman–Crippen LogP) is 2.14. The number of ether oxygens (including phenoxy) is 1. The van der Waals surface area contributed by atoms with Gasteiger partial charge in [0.1, 0.15) is 0 Å². The van der Waals surface area contributed by atoms with Gasteiger partial charge in [-0.15, -0.1) is 0 Å². The molecular formula is C11H23NO. The maximum Gasteiger partial charge on any atom is 0.0554 e. The Bertz CT molecular complexity index is 173. The van der Waals surface area contributed by atoms with Crippen LogP contribution in [0.1, 0.15) is 34.1 Å². The molecule has 2 nitrogen and oxygen atoms in total. The zero-order valence-corrected chi connectivity index (χ0v) is 9.68. The summed E-state index contributed by atoms with van der Waals surface area (Å²) < 4.78 is 5.26. The number of hydrogen-bond donors (Lipinski definition) is 0. The SMILES string of the molecule is CCC(C)(C)N(C)CC1(C)COC1. The van der Waals surface area contributed by atoms with Gasteiger partial charge in [-0.25, -0.2) is 0 Å². The van der Waals surface area contributed by atoms with Gasteiger partial charge in [-0.2, -0.15) is 0 Å². The third-order valence-corrected chi connectivity index (χ3v) is 3.42. The largest absolute Gasteiger partial charge is 0.380 e. The lowest BCUT2D eigenvalue weighted by Crippen LogP contribution is -2.53. The minimum atomic E-state index is 0.318. The van der Waals surface area contributed by atoms with Crippen LogP contribution in [0.5, 0.6) is 0 Å². The Morgan fingerprint density at radius 2 is 1.92 bits per heavy atom. The highest BCUT2D eigenvalue weighted by molar-refractivity contribution is 4.88. The number of hydrogen-bond acceptors (Lipinski definition) is 2. The first-order chi connectivity index (χ1) is 5.90. The molecule has 0 bridgehead atoms. The molecule has 1 aliphatic heterocycles. The van der Waals surface area contributed by atoms with Gasteiger partial charge in [0.25, 0.3) is 0 Å². The summed E-state index contributed by atoms with van der Waals surface area (Å²) in [6.45, 7) is 12.2. The highest BCUT2D eigenvalue weighted by Crippen LogP contribution is 2.30. The van der Waals surface area contributed by atoms with Crippen LogP contribution in [-0.2, 0) is 4.74 Å². The summed E-state index contributed by atoms with van der Waals surface area (Å²) in [5, 5.41) is 0. The van der Waals surface area contributed by atoms with Crippen molar-refractivity contribution in [3.05, 3.63) is 0 Å². The summed E-state index contributed by atoms with van der Waals surface area (Å²) >= 11 is 0. The summed E-state index contributed by atoms with van der Waals surface area (Å²) in [4.78, 5) is 2.45. The monoisotopic (exact) mass is 185 g/mol. The Labute approximate surface area is 82.3 Å². The van der Waals surface area contributed by atoms with Gasteiger partial charge in [0.2, 0.25) is 0 Å². The summed E-state index contributed by atoms with van der Waals surface area (Å²) in [5.74, 6) is 0. The minimum absolute atomic E-state index is 0.318. The van der Waals surface area contributed by atoms with Crippen molar-refractivity contribution in [1.82, 2.24) is 4.90 Å². The molecule has 0 amide bonds. The predicted molar refractivity (Wildman–Crippen MR) is 55.9 cm³/mol. The molecule has 1 rings (SSSR count). The molecule has 0 aromatic heterocycles. The van der Waals surface area contributed by atoms with Crippen LogP contribution in [-0.4, -0.2) is 37.2 Å². The smallest absolute Gasteiger partial charge is 0.0554 e. The van der Waals surface area contributed by atoms with Gasteiger partial charge >= 0.3 is 0 Å². The lowest BCUT2D eigenvalue weighted by Gasteiger charge is -2.45. The van der Waals surface area contributed by atoms with Crippen molar-refractivity contribution in [1.29, 1.82) is 0 Å². The topological polar surface area (TPSA) is 12.5 Å². The molecule has 78 valence electrons. The Morgan fingerprint density at radius 1 is 1.38 bits per heavy atom. The first kappa shape index (κ1) is 11.0. The van der Waals surface area contributed by atoms with Crippen LogP contribution in [0, 0.1) is 5.41 Å².